The molecule has 3 heterocycles. The number of carbonyl (C=O) groups excluding carboxylic acids is 3. The Morgan fingerprint density at radius 3 is 2.44 bits per heavy atom. The smallest absolute Gasteiger partial charge is 0.355 e. The van der Waals surface area contributed by atoms with Crippen molar-refractivity contribution in [3.63, 3.8) is 0 Å². The first-order valence-corrected chi connectivity index (χ1v) is 10.1. The van der Waals surface area contributed by atoms with Gasteiger partial charge < -0.3 is 9.30 Å². The fraction of sp³-hybridized carbons (Fsp3) is 0.174. The SMILES string of the molecule is CCOC(=O)c1c2c(c3n1CCc1ccccc1-3)C(=O)N(c1ccc([N+](=O)[O-])cc1)C2=O. The molecule has 0 radical (unpaired) electrons. The first-order chi connectivity index (χ1) is 15.4. The van der Waals surface area contributed by atoms with Crippen molar-refractivity contribution in [2.45, 2.75) is 19.9 Å². The highest BCUT2D eigenvalue weighted by atomic mass is 16.6. The Labute approximate surface area is 182 Å². The number of nitrogens with zero attached hydrogens (tertiary/aromatic N) is 3. The number of hydrogen-bond donors (Lipinski definition) is 0. The Balaban J connectivity index is 1.71. The molecule has 5 rings (SSSR count). The van der Waals surface area contributed by atoms with Crippen molar-refractivity contribution in [1.29, 1.82) is 0 Å². The molecule has 2 aliphatic heterocycles. The van der Waals surface area contributed by atoms with Crippen molar-refractivity contribution < 1.29 is 24.0 Å². The summed E-state index contributed by atoms with van der Waals surface area (Å²) in [5, 5.41) is 11.0. The monoisotopic (exact) mass is 431 g/mol. The average molecular weight is 431 g/mol. The van der Waals surface area contributed by atoms with Gasteiger partial charge in [0.05, 0.1) is 34.0 Å². The van der Waals surface area contributed by atoms with Gasteiger partial charge >= 0.3 is 5.97 Å². The number of amides is 2. The molecule has 0 saturated heterocycles. The van der Waals surface area contributed by atoms with E-state index in [1.54, 1.807) is 11.5 Å². The van der Waals surface area contributed by atoms with Gasteiger partial charge in [0, 0.05) is 24.2 Å². The molecule has 0 atom stereocenters. The fourth-order valence-electron chi connectivity index (χ4n) is 4.43. The Hall–Kier alpha value is -4.27. The summed E-state index contributed by atoms with van der Waals surface area (Å²) >= 11 is 0. The second kappa shape index (κ2) is 7.16. The van der Waals surface area contributed by atoms with Gasteiger partial charge in [-0.3, -0.25) is 19.7 Å². The number of ether oxygens (including phenoxy) is 1. The van der Waals surface area contributed by atoms with Crippen LogP contribution in [0.5, 0.6) is 0 Å². The minimum absolute atomic E-state index is 0.0125. The zero-order valence-electron chi connectivity index (χ0n) is 17.0. The molecule has 0 spiro atoms. The predicted octanol–water partition coefficient (Wildman–Crippen LogP) is 3.60. The lowest BCUT2D eigenvalue weighted by Gasteiger charge is -2.23. The van der Waals surface area contributed by atoms with Gasteiger partial charge in [-0.1, -0.05) is 24.3 Å². The van der Waals surface area contributed by atoms with E-state index in [-0.39, 0.29) is 34.8 Å². The van der Waals surface area contributed by atoms with E-state index in [1.807, 2.05) is 24.3 Å². The van der Waals surface area contributed by atoms with Crippen LogP contribution in [0.2, 0.25) is 0 Å². The van der Waals surface area contributed by atoms with Crippen LogP contribution in [0.1, 0.15) is 43.7 Å². The summed E-state index contributed by atoms with van der Waals surface area (Å²) in [4.78, 5) is 51.2. The van der Waals surface area contributed by atoms with Crippen LogP contribution in [-0.2, 0) is 17.7 Å². The van der Waals surface area contributed by atoms with Crippen LogP contribution >= 0.6 is 0 Å². The molecular formula is C23H17N3O6. The van der Waals surface area contributed by atoms with Gasteiger partial charge in [0.1, 0.15) is 5.69 Å². The van der Waals surface area contributed by atoms with Gasteiger partial charge in [0.2, 0.25) is 0 Å². The minimum atomic E-state index is -0.666. The van der Waals surface area contributed by atoms with Crippen molar-refractivity contribution in [3.8, 4) is 11.3 Å². The maximum atomic E-state index is 13.5. The molecule has 0 bridgehead atoms. The first-order valence-electron chi connectivity index (χ1n) is 10.1. The summed E-state index contributed by atoms with van der Waals surface area (Å²) in [6.45, 7) is 2.23. The van der Waals surface area contributed by atoms with Gasteiger partial charge in [0.15, 0.2) is 0 Å². The number of nitro benzene ring substituents is 1. The molecular weight excluding hydrogens is 414 g/mol. The number of rotatable bonds is 4. The highest BCUT2D eigenvalue weighted by Gasteiger charge is 2.47. The maximum Gasteiger partial charge on any atom is 0.355 e. The first kappa shape index (κ1) is 19.7. The van der Waals surface area contributed by atoms with Gasteiger partial charge in [-0.05, 0) is 31.0 Å². The zero-order valence-corrected chi connectivity index (χ0v) is 17.0. The summed E-state index contributed by atoms with van der Waals surface area (Å²) < 4.78 is 6.92. The zero-order chi connectivity index (χ0) is 22.6. The third-order valence-corrected chi connectivity index (χ3v) is 5.76. The van der Waals surface area contributed by atoms with Crippen LogP contribution < -0.4 is 4.90 Å². The largest absolute Gasteiger partial charge is 0.461 e. The summed E-state index contributed by atoms with van der Waals surface area (Å²) in [6.07, 6.45) is 0.650. The summed E-state index contributed by atoms with van der Waals surface area (Å²) in [6, 6.07) is 12.7. The quantitative estimate of drug-likeness (QED) is 0.270. The molecule has 32 heavy (non-hydrogen) atoms. The molecule has 160 valence electrons. The summed E-state index contributed by atoms with van der Waals surface area (Å²) in [5.41, 5.74) is 2.60. The Kier molecular flexibility index (Phi) is 4.40. The van der Waals surface area contributed by atoms with E-state index in [2.05, 4.69) is 0 Å². The second-order valence-corrected chi connectivity index (χ2v) is 7.45. The summed E-state index contributed by atoms with van der Waals surface area (Å²) in [5.74, 6) is -1.89. The highest BCUT2D eigenvalue weighted by Crippen LogP contribution is 2.43. The van der Waals surface area contributed by atoms with Crippen LogP contribution in [0, 0.1) is 10.1 Å². The second-order valence-electron chi connectivity index (χ2n) is 7.45. The van der Waals surface area contributed by atoms with E-state index in [4.69, 9.17) is 4.74 Å². The number of non-ortho nitro benzene ring substituents is 1. The number of anilines is 1. The van der Waals surface area contributed by atoms with E-state index < -0.39 is 22.7 Å². The number of aryl methyl sites for hydroxylation is 1. The standard InChI is InChI=1S/C23H17N3O6/c1-2-32-23(29)20-18-17(19-16-6-4-3-5-13(16)11-12-24(19)20)21(27)25(22(18)28)14-7-9-15(10-8-14)26(30)31/h3-10H,2,11-12H2,1H3. The Morgan fingerprint density at radius 1 is 1.06 bits per heavy atom. The molecule has 2 aromatic carbocycles. The normalized spacial score (nSPS) is 14.1. The third kappa shape index (κ3) is 2.67. The van der Waals surface area contributed by atoms with Crippen molar-refractivity contribution in [2.24, 2.45) is 0 Å². The van der Waals surface area contributed by atoms with Crippen molar-refractivity contribution in [3.05, 3.63) is 81.0 Å². The number of aromatic nitrogens is 1. The lowest BCUT2D eigenvalue weighted by atomic mass is 9.96. The van der Waals surface area contributed by atoms with Gasteiger partial charge in [-0.2, -0.15) is 0 Å². The molecule has 2 amide bonds. The molecule has 0 unspecified atom stereocenters. The van der Waals surface area contributed by atoms with Crippen LogP contribution in [0.4, 0.5) is 11.4 Å². The number of esters is 1. The lowest BCUT2D eigenvalue weighted by Crippen LogP contribution is -2.32. The van der Waals surface area contributed by atoms with Crippen LogP contribution in [0.3, 0.4) is 0 Å². The Morgan fingerprint density at radius 2 is 1.75 bits per heavy atom. The minimum Gasteiger partial charge on any atom is -0.461 e. The average Bonchev–Trinajstić information content (AvgIpc) is 3.27. The topological polar surface area (TPSA) is 112 Å². The van der Waals surface area contributed by atoms with E-state index in [1.165, 1.54) is 24.3 Å². The van der Waals surface area contributed by atoms with Gasteiger partial charge in [0.25, 0.3) is 17.5 Å². The Bertz CT molecular complexity index is 1320. The summed E-state index contributed by atoms with van der Waals surface area (Å²) in [7, 11) is 0. The van der Waals surface area contributed by atoms with Crippen LogP contribution in [-0.4, -0.2) is 33.9 Å². The number of nitro groups is 1. The van der Waals surface area contributed by atoms with Gasteiger partial charge in [-0.25, -0.2) is 9.69 Å². The third-order valence-electron chi connectivity index (χ3n) is 5.76. The van der Waals surface area contributed by atoms with Crippen molar-refractivity contribution in [2.75, 3.05) is 11.5 Å². The molecule has 0 aliphatic carbocycles. The van der Waals surface area contributed by atoms with E-state index in [9.17, 15) is 24.5 Å². The molecule has 1 aromatic heterocycles. The molecule has 9 heteroatoms. The molecule has 2 aliphatic rings. The highest BCUT2D eigenvalue weighted by molar-refractivity contribution is 6.38. The fourth-order valence-corrected chi connectivity index (χ4v) is 4.43. The molecule has 0 N–H and O–H groups in total. The molecule has 0 fully saturated rings. The van der Waals surface area contributed by atoms with E-state index in [0.29, 0.717) is 18.7 Å². The van der Waals surface area contributed by atoms with Crippen LogP contribution in [0.25, 0.3) is 11.3 Å². The number of hydrogen-bond acceptors (Lipinski definition) is 6. The number of carbonyl (C=O) groups is 3. The number of benzene rings is 2. The van der Waals surface area contributed by atoms with E-state index in [0.717, 1.165) is 16.0 Å². The number of fused-ring (bicyclic) bond motifs is 5. The van der Waals surface area contributed by atoms with Crippen molar-refractivity contribution in [1.82, 2.24) is 4.57 Å². The maximum absolute atomic E-state index is 13.5. The van der Waals surface area contributed by atoms with Gasteiger partial charge in [-0.15, -0.1) is 0 Å². The lowest BCUT2D eigenvalue weighted by molar-refractivity contribution is -0.384. The van der Waals surface area contributed by atoms with Crippen LogP contribution in [0.15, 0.2) is 48.5 Å². The molecule has 3 aromatic rings. The molecule has 0 saturated carbocycles. The predicted molar refractivity (Wildman–Crippen MR) is 114 cm³/mol. The molecule has 9 nitrogen and oxygen atoms in total. The number of imide groups is 1. The van der Waals surface area contributed by atoms with E-state index >= 15 is 0 Å². The van der Waals surface area contributed by atoms with Crippen molar-refractivity contribution >= 4 is 29.2 Å².